The first kappa shape index (κ1) is 12.2. The number of likely N-dealkylation sites (tertiary alicyclic amines) is 1. The fourth-order valence-electron chi connectivity index (χ4n) is 1.74. The van der Waals surface area contributed by atoms with Crippen LogP contribution in [-0.2, 0) is 0 Å². The number of hydrogen-bond donors (Lipinski definition) is 1. The lowest BCUT2D eigenvalue weighted by molar-refractivity contribution is 0.147. The molecule has 0 bridgehead atoms. The molecule has 1 rings (SSSR count). The normalized spacial score (nSPS) is 17.6. The number of piperidine rings is 1. The fourth-order valence-corrected chi connectivity index (χ4v) is 1.94. The van der Waals surface area contributed by atoms with Gasteiger partial charge in [-0.1, -0.05) is 19.1 Å². The highest BCUT2D eigenvalue weighted by Crippen LogP contribution is 2.16. The van der Waals surface area contributed by atoms with Gasteiger partial charge in [0.05, 0.1) is 11.5 Å². The molecule has 1 fully saturated rings. The first-order chi connectivity index (χ1) is 7.00. The second kappa shape index (κ2) is 5.30. The summed E-state index contributed by atoms with van der Waals surface area (Å²) in [4.78, 5) is 15.7. The lowest BCUT2D eigenvalue weighted by Crippen LogP contribution is -2.47. The Morgan fingerprint density at radius 2 is 2.07 bits per heavy atom. The van der Waals surface area contributed by atoms with E-state index >= 15 is 0 Å². The predicted octanol–water partition coefficient (Wildman–Crippen LogP) is 1.06. The Morgan fingerprint density at radius 1 is 1.53 bits per heavy atom. The average Bonchev–Trinajstić information content (AvgIpc) is 2.17. The molecule has 2 amide bonds. The summed E-state index contributed by atoms with van der Waals surface area (Å²) in [6.07, 6.45) is 2.18. The standard InChI is InChI=1S/C10H19N3OS/c1-8-3-5-13(6-4-8)10(14)12(2)7-9(11)15/h8H,3-7H2,1-2H3,(H2,11,15). The zero-order valence-electron chi connectivity index (χ0n) is 9.40. The zero-order valence-corrected chi connectivity index (χ0v) is 10.2. The van der Waals surface area contributed by atoms with E-state index in [0.717, 1.165) is 31.8 Å². The first-order valence-corrected chi connectivity index (χ1v) is 5.70. The minimum atomic E-state index is 0.0368. The van der Waals surface area contributed by atoms with E-state index in [0.29, 0.717) is 11.5 Å². The summed E-state index contributed by atoms with van der Waals surface area (Å²) in [5, 5.41) is 0. The van der Waals surface area contributed by atoms with Crippen LogP contribution in [0.15, 0.2) is 0 Å². The molecule has 0 aromatic rings. The van der Waals surface area contributed by atoms with Crippen molar-refractivity contribution >= 4 is 23.2 Å². The number of urea groups is 1. The van der Waals surface area contributed by atoms with Gasteiger partial charge in [-0.05, 0) is 18.8 Å². The van der Waals surface area contributed by atoms with Gasteiger partial charge in [-0.2, -0.15) is 0 Å². The van der Waals surface area contributed by atoms with Crippen LogP contribution in [0.4, 0.5) is 4.79 Å². The molecule has 4 nitrogen and oxygen atoms in total. The van der Waals surface area contributed by atoms with Crippen molar-refractivity contribution in [3.8, 4) is 0 Å². The smallest absolute Gasteiger partial charge is 0.320 e. The van der Waals surface area contributed by atoms with Crippen molar-refractivity contribution in [1.29, 1.82) is 0 Å². The number of rotatable bonds is 2. The maximum Gasteiger partial charge on any atom is 0.320 e. The van der Waals surface area contributed by atoms with Crippen molar-refractivity contribution < 1.29 is 4.79 Å². The molecule has 1 aliphatic heterocycles. The summed E-state index contributed by atoms with van der Waals surface area (Å²) < 4.78 is 0. The Morgan fingerprint density at radius 3 is 2.53 bits per heavy atom. The Kier molecular flexibility index (Phi) is 4.32. The van der Waals surface area contributed by atoms with Gasteiger partial charge in [-0.3, -0.25) is 0 Å². The maximum absolute atomic E-state index is 11.9. The van der Waals surface area contributed by atoms with Gasteiger partial charge >= 0.3 is 6.03 Å². The van der Waals surface area contributed by atoms with Crippen molar-refractivity contribution in [2.24, 2.45) is 11.7 Å². The molecule has 0 aromatic carbocycles. The van der Waals surface area contributed by atoms with Crippen LogP contribution in [0, 0.1) is 5.92 Å². The second-order valence-corrected chi connectivity index (χ2v) is 4.80. The monoisotopic (exact) mass is 229 g/mol. The molecule has 1 saturated heterocycles. The number of hydrogen-bond acceptors (Lipinski definition) is 2. The van der Waals surface area contributed by atoms with Crippen molar-refractivity contribution in [1.82, 2.24) is 9.80 Å². The number of nitrogens with zero attached hydrogens (tertiary/aromatic N) is 2. The van der Waals surface area contributed by atoms with Gasteiger partial charge in [-0.25, -0.2) is 4.79 Å². The van der Waals surface area contributed by atoms with Crippen LogP contribution >= 0.6 is 12.2 Å². The third-order valence-corrected chi connectivity index (χ3v) is 2.90. The molecule has 5 heteroatoms. The van der Waals surface area contributed by atoms with Gasteiger partial charge < -0.3 is 15.5 Å². The van der Waals surface area contributed by atoms with Crippen LogP contribution < -0.4 is 5.73 Å². The van der Waals surface area contributed by atoms with E-state index in [-0.39, 0.29) is 6.03 Å². The van der Waals surface area contributed by atoms with Crippen LogP contribution in [0.5, 0.6) is 0 Å². The lowest BCUT2D eigenvalue weighted by Gasteiger charge is -2.33. The predicted molar refractivity (Wildman–Crippen MR) is 64.8 cm³/mol. The third kappa shape index (κ3) is 3.66. The molecule has 0 spiro atoms. The van der Waals surface area contributed by atoms with Gasteiger partial charge in [-0.15, -0.1) is 0 Å². The molecule has 0 unspecified atom stereocenters. The van der Waals surface area contributed by atoms with E-state index in [1.54, 1.807) is 11.9 Å². The molecular weight excluding hydrogens is 210 g/mol. The quantitative estimate of drug-likeness (QED) is 0.720. The molecule has 15 heavy (non-hydrogen) atoms. The number of carbonyl (C=O) groups is 1. The molecular formula is C10H19N3OS. The minimum Gasteiger partial charge on any atom is -0.392 e. The summed E-state index contributed by atoms with van der Waals surface area (Å²) in [7, 11) is 1.74. The van der Waals surface area contributed by atoms with E-state index in [9.17, 15) is 4.79 Å². The van der Waals surface area contributed by atoms with Gasteiger partial charge in [0.1, 0.15) is 0 Å². The SMILES string of the molecule is CC1CCN(C(=O)N(C)CC(N)=S)CC1. The van der Waals surface area contributed by atoms with Gasteiger partial charge in [0, 0.05) is 20.1 Å². The highest BCUT2D eigenvalue weighted by Gasteiger charge is 2.22. The maximum atomic E-state index is 11.9. The Labute approximate surface area is 96.4 Å². The first-order valence-electron chi connectivity index (χ1n) is 5.29. The number of likely N-dealkylation sites (N-methyl/N-ethyl adjacent to an activating group) is 1. The van der Waals surface area contributed by atoms with Crippen LogP contribution in [0.25, 0.3) is 0 Å². The molecule has 0 atom stereocenters. The van der Waals surface area contributed by atoms with Crippen molar-refractivity contribution in [3.63, 3.8) is 0 Å². The zero-order chi connectivity index (χ0) is 11.4. The summed E-state index contributed by atoms with van der Waals surface area (Å²) in [5.74, 6) is 0.731. The van der Waals surface area contributed by atoms with Gasteiger partial charge in [0.15, 0.2) is 0 Å². The summed E-state index contributed by atoms with van der Waals surface area (Å²) in [6.45, 7) is 4.28. The van der Waals surface area contributed by atoms with Crippen molar-refractivity contribution in [2.45, 2.75) is 19.8 Å². The molecule has 0 saturated carbocycles. The number of nitrogens with two attached hydrogens (primary N) is 1. The Balaban J connectivity index is 2.42. The lowest BCUT2D eigenvalue weighted by atomic mass is 10.00. The molecule has 2 N–H and O–H groups in total. The molecule has 0 aliphatic carbocycles. The number of amides is 2. The van der Waals surface area contributed by atoms with Crippen molar-refractivity contribution in [3.05, 3.63) is 0 Å². The topological polar surface area (TPSA) is 49.6 Å². The fraction of sp³-hybridized carbons (Fsp3) is 0.800. The number of thiocarbonyl (C=S) groups is 1. The van der Waals surface area contributed by atoms with Crippen molar-refractivity contribution in [2.75, 3.05) is 26.7 Å². The molecule has 86 valence electrons. The van der Waals surface area contributed by atoms with E-state index in [1.165, 1.54) is 0 Å². The molecule has 0 radical (unpaired) electrons. The summed E-state index contributed by atoms with van der Waals surface area (Å²) >= 11 is 4.78. The van der Waals surface area contributed by atoms with E-state index in [1.807, 2.05) is 4.90 Å². The average molecular weight is 229 g/mol. The summed E-state index contributed by atoms with van der Waals surface area (Å²) in [5.41, 5.74) is 5.40. The van der Waals surface area contributed by atoms with Crippen LogP contribution in [0.1, 0.15) is 19.8 Å². The Bertz CT molecular complexity index is 249. The van der Waals surface area contributed by atoms with Crippen LogP contribution in [0.2, 0.25) is 0 Å². The van der Waals surface area contributed by atoms with E-state index in [2.05, 4.69) is 6.92 Å². The number of carbonyl (C=O) groups excluding carboxylic acids is 1. The van der Waals surface area contributed by atoms with E-state index in [4.69, 9.17) is 18.0 Å². The highest BCUT2D eigenvalue weighted by atomic mass is 32.1. The largest absolute Gasteiger partial charge is 0.392 e. The van der Waals surface area contributed by atoms with Gasteiger partial charge in [0.25, 0.3) is 0 Å². The van der Waals surface area contributed by atoms with Crippen LogP contribution in [0.3, 0.4) is 0 Å². The minimum absolute atomic E-state index is 0.0368. The van der Waals surface area contributed by atoms with E-state index < -0.39 is 0 Å². The second-order valence-electron chi connectivity index (χ2n) is 4.27. The highest BCUT2D eigenvalue weighted by molar-refractivity contribution is 7.80. The van der Waals surface area contributed by atoms with Crippen LogP contribution in [-0.4, -0.2) is 47.5 Å². The van der Waals surface area contributed by atoms with Gasteiger partial charge in [0.2, 0.25) is 0 Å². The molecule has 0 aromatic heterocycles. The molecule has 1 aliphatic rings. The molecule has 1 heterocycles. The summed E-state index contributed by atoms with van der Waals surface area (Å²) in [6, 6.07) is 0.0368. The Hall–Kier alpha value is -0.840. The third-order valence-electron chi connectivity index (χ3n) is 2.77.